The number of benzene rings is 2. The molecule has 28 heavy (non-hydrogen) atoms. The summed E-state index contributed by atoms with van der Waals surface area (Å²) < 4.78 is 10.5. The minimum atomic E-state index is -0.172. The van der Waals surface area contributed by atoms with Gasteiger partial charge >= 0.3 is 0 Å². The first-order valence-corrected chi connectivity index (χ1v) is 8.93. The van der Waals surface area contributed by atoms with Crippen molar-refractivity contribution in [1.82, 2.24) is 10.2 Å². The third kappa shape index (κ3) is 5.87. The summed E-state index contributed by atoms with van der Waals surface area (Å²) in [6, 6.07) is 12.8. The number of rotatable bonds is 8. The fourth-order valence-electron chi connectivity index (χ4n) is 2.59. The van der Waals surface area contributed by atoms with E-state index in [0.717, 1.165) is 11.1 Å². The Labute approximate surface area is 165 Å². The van der Waals surface area contributed by atoms with Crippen LogP contribution >= 0.6 is 0 Å². The van der Waals surface area contributed by atoms with E-state index in [1.54, 1.807) is 46.5 Å². The molecule has 0 fully saturated rings. The SMILES string of the molecule is COc1ccc(CCNC(=O)/C=C/c2ccc(C(=O)N(C)C)cc2)cc1OC. The van der Waals surface area contributed by atoms with E-state index in [4.69, 9.17) is 9.47 Å². The summed E-state index contributed by atoms with van der Waals surface area (Å²) in [6.45, 7) is 0.509. The second-order valence-corrected chi connectivity index (χ2v) is 6.39. The maximum absolute atomic E-state index is 12.0. The van der Waals surface area contributed by atoms with E-state index in [1.165, 1.54) is 11.0 Å². The van der Waals surface area contributed by atoms with E-state index in [1.807, 2.05) is 30.3 Å². The van der Waals surface area contributed by atoms with Crippen molar-refractivity contribution < 1.29 is 19.1 Å². The third-order valence-electron chi connectivity index (χ3n) is 4.15. The van der Waals surface area contributed by atoms with Gasteiger partial charge in [0, 0.05) is 32.3 Å². The third-order valence-corrected chi connectivity index (χ3v) is 4.15. The minimum Gasteiger partial charge on any atom is -0.493 e. The number of methoxy groups -OCH3 is 2. The van der Waals surface area contributed by atoms with Gasteiger partial charge in [0.1, 0.15) is 0 Å². The van der Waals surface area contributed by atoms with E-state index in [0.29, 0.717) is 30.0 Å². The Morgan fingerprint density at radius 2 is 1.68 bits per heavy atom. The highest BCUT2D eigenvalue weighted by atomic mass is 16.5. The Morgan fingerprint density at radius 3 is 2.29 bits per heavy atom. The Hall–Kier alpha value is -3.28. The zero-order valence-corrected chi connectivity index (χ0v) is 16.7. The number of nitrogens with zero attached hydrogens (tertiary/aromatic N) is 1. The molecule has 0 saturated heterocycles. The van der Waals surface area contributed by atoms with Gasteiger partial charge in [-0.15, -0.1) is 0 Å². The summed E-state index contributed by atoms with van der Waals surface area (Å²) in [4.78, 5) is 25.4. The first kappa shape index (κ1) is 21.0. The standard InChI is InChI=1S/C22H26N2O4/c1-24(2)22(26)18-9-5-16(6-10-18)8-12-21(25)23-14-13-17-7-11-19(27-3)20(15-17)28-4/h5-12,15H,13-14H2,1-4H3,(H,23,25)/b12-8+. The van der Waals surface area contributed by atoms with Crippen molar-refractivity contribution in [3.63, 3.8) is 0 Å². The first-order valence-electron chi connectivity index (χ1n) is 8.93. The van der Waals surface area contributed by atoms with Crippen LogP contribution in [0.15, 0.2) is 48.5 Å². The summed E-state index contributed by atoms with van der Waals surface area (Å²) in [5.41, 5.74) is 2.51. The van der Waals surface area contributed by atoms with Gasteiger partial charge in [-0.05, 0) is 47.9 Å². The number of nitrogens with one attached hydrogen (secondary N) is 1. The molecule has 2 rings (SSSR count). The van der Waals surface area contributed by atoms with Crippen molar-refractivity contribution in [3.05, 3.63) is 65.2 Å². The predicted octanol–water partition coefficient (Wildman–Crippen LogP) is 2.78. The highest BCUT2D eigenvalue weighted by molar-refractivity contribution is 5.94. The molecule has 2 amide bonds. The Kier molecular flexibility index (Phi) is 7.63. The van der Waals surface area contributed by atoms with Crippen molar-refractivity contribution in [1.29, 1.82) is 0 Å². The summed E-state index contributed by atoms with van der Waals surface area (Å²) in [5, 5.41) is 2.85. The van der Waals surface area contributed by atoms with Gasteiger partial charge < -0.3 is 19.7 Å². The average molecular weight is 382 g/mol. The molecule has 0 saturated carbocycles. The van der Waals surface area contributed by atoms with E-state index < -0.39 is 0 Å². The first-order chi connectivity index (χ1) is 13.4. The largest absolute Gasteiger partial charge is 0.493 e. The fraction of sp³-hybridized carbons (Fsp3) is 0.273. The topological polar surface area (TPSA) is 67.9 Å². The molecule has 0 aliphatic carbocycles. The molecule has 0 aromatic heterocycles. The lowest BCUT2D eigenvalue weighted by atomic mass is 10.1. The Bertz CT molecular complexity index is 842. The number of hydrogen-bond donors (Lipinski definition) is 1. The van der Waals surface area contributed by atoms with Gasteiger partial charge in [0.15, 0.2) is 11.5 Å². The molecule has 0 aliphatic rings. The van der Waals surface area contributed by atoms with Gasteiger partial charge in [-0.2, -0.15) is 0 Å². The molecule has 0 spiro atoms. The van der Waals surface area contributed by atoms with Crippen LogP contribution in [0.25, 0.3) is 6.08 Å². The number of amides is 2. The number of ether oxygens (including phenoxy) is 2. The van der Waals surface area contributed by atoms with Crippen LogP contribution in [-0.4, -0.2) is 51.6 Å². The zero-order valence-electron chi connectivity index (χ0n) is 16.7. The van der Waals surface area contributed by atoms with Crippen LogP contribution in [0.5, 0.6) is 11.5 Å². The predicted molar refractivity (Wildman–Crippen MR) is 110 cm³/mol. The van der Waals surface area contributed by atoms with Crippen molar-refractivity contribution in [3.8, 4) is 11.5 Å². The van der Waals surface area contributed by atoms with Crippen LogP contribution in [0.1, 0.15) is 21.5 Å². The maximum Gasteiger partial charge on any atom is 0.253 e. The summed E-state index contributed by atoms with van der Waals surface area (Å²) in [5.74, 6) is 1.12. The highest BCUT2D eigenvalue weighted by Gasteiger charge is 2.07. The molecule has 0 unspecified atom stereocenters. The van der Waals surface area contributed by atoms with E-state index in [2.05, 4.69) is 5.32 Å². The van der Waals surface area contributed by atoms with E-state index in [-0.39, 0.29) is 11.8 Å². The van der Waals surface area contributed by atoms with Gasteiger partial charge in [-0.25, -0.2) is 0 Å². The van der Waals surface area contributed by atoms with Gasteiger partial charge in [0.2, 0.25) is 5.91 Å². The number of carbonyl (C=O) groups excluding carboxylic acids is 2. The van der Waals surface area contributed by atoms with Crippen LogP contribution in [0.3, 0.4) is 0 Å². The smallest absolute Gasteiger partial charge is 0.253 e. The maximum atomic E-state index is 12.0. The highest BCUT2D eigenvalue weighted by Crippen LogP contribution is 2.27. The quantitative estimate of drug-likeness (QED) is 0.713. The van der Waals surface area contributed by atoms with Gasteiger partial charge in [-0.1, -0.05) is 18.2 Å². The molecule has 1 N–H and O–H groups in total. The van der Waals surface area contributed by atoms with Gasteiger partial charge in [-0.3, -0.25) is 9.59 Å². The normalized spacial score (nSPS) is 10.6. The van der Waals surface area contributed by atoms with Gasteiger partial charge in [0.25, 0.3) is 5.91 Å². The lowest BCUT2D eigenvalue weighted by molar-refractivity contribution is -0.116. The van der Waals surface area contributed by atoms with Crippen molar-refractivity contribution in [2.75, 3.05) is 34.9 Å². The zero-order chi connectivity index (χ0) is 20.5. The fourth-order valence-corrected chi connectivity index (χ4v) is 2.59. The van der Waals surface area contributed by atoms with Crippen LogP contribution in [0.4, 0.5) is 0 Å². The monoisotopic (exact) mass is 382 g/mol. The second-order valence-electron chi connectivity index (χ2n) is 6.39. The molecule has 6 nitrogen and oxygen atoms in total. The second kappa shape index (κ2) is 10.2. The molecule has 2 aromatic carbocycles. The van der Waals surface area contributed by atoms with Crippen molar-refractivity contribution in [2.45, 2.75) is 6.42 Å². The molecule has 0 aliphatic heterocycles. The Morgan fingerprint density at radius 1 is 1.00 bits per heavy atom. The average Bonchev–Trinajstić information content (AvgIpc) is 2.71. The Balaban J connectivity index is 1.84. The lowest BCUT2D eigenvalue weighted by Crippen LogP contribution is -2.23. The summed E-state index contributed by atoms with van der Waals surface area (Å²) in [7, 11) is 6.61. The molecule has 0 heterocycles. The van der Waals surface area contributed by atoms with Crippen LogP contribution in [0, 0.1) is 0 Å². The molecule has 0 bridgehead atoms. The summed E-state index contributed by atoms with van der Waals surface area (Å²) >= 11 is 0. The number of hydrogen-bond acceptors (Lipinski definition) is 4. The van der Waals surface area contributed by atoms with Crippen molar-refractivity contribution >= 4 is 17.9 Å². The molecular weight excluding hydrogens is 356 g/mol. The molecule has 6 heteroatoms. The molecule has 0 atom stereocenters. The molecule has 2 aromatic rings. The van der Waals surface area contributed by atoms with Gasteiger partial charge in [0.05, 0.1) is 14.2 Å². The number of carbonyl (C=O) groups is 2. The lowest BCUT2D eigenvalue weighted by Gasteiger charge is -2.10. The van der Waals surface area contributed by atoms with Crippen LogP contribution in [0.2, 0.25) is 0 Å². The van der Waals surface area contributed by atoms with Crippen molar-refractivity contribution in [2.24, 2.45) is 0 Å². The van der Waals surface area contributed by atoms with Crippen LogP contribution in [-0.2, 0) is 11.2 Å². The molecule has 148 valence electrons. The molecule has 0 radical (unpaired) electrons. The van der Waals surface area contributed by atoms with E-state index in [9.17, 15) is 9.59 Å². The van der Waals surface area contributed by atoms with E-state index >= 15 is 0 Å². The summed E-state index contributed by atoms with van der Waals surface area (Å²) in [6.07, 6.45) is 3.88. The minimum absolute atomic E-state index is 0.0524. The van der Waals surface area contributed by atoms with Crippen LogP contribution < -0.4 is 14.8 Å². The molecular formula is C22H26N2O4.